The lowest BCUT2D eigenvalue weighted by Gasteiger charge is -2.33. The Kier molecular flexibility index (Phi) is 8.06. The summed E-state index contributed by atoms with van der Waals surface area (Å²) in [6, 6.07) is 11.1. The van der Waals surface area contributed by atoms with E-state index < -0.39 is 15.6 Å². The maximum atomic E-state index is 13.7. The minimum Gasteiger partial charge on any atom is -0.488 e. The molecule has 1 aliphatic heterocycles. The van der Waals surface area contributed by atoms with Crippen LogP contribution in [0.15, 0.2) is 53.7 Å². The molecule has 0 amide bonds. The van der Waals surface area contributed by atoms with Crippen molar-refractivity contribution in [2.45, 2.75) is 70.1 Å². The van der Waals surface area contributed by atoms with Gasteiger partial charge in [0.2, 0.25) is 10.0 Å². The number of nitrogens with zero attached hydrogens (tertiary/aromatic N) is 2. The van der Waals surface area contributed by atoms with Crippen molar-refractivity contribution in [2.24, 2.45) is 0 Å². The molecular formula is C28H32N2O6S2. The van der Waals surface area contributed by atoms with Gasteiger partial charge in [0.1, 0.15) is 22.4 Å². The van der Waals surface area contributed by atoms with Crippen LogP contribution in [0.25, 0.3) is 0 Å². The molecule has 2 aromatic heterocycles. The van der Waals surface area contributed by atoms with Crippen LogP contribution in [0.4, 0.5) is 0 Å². The number of hydrogen-bond acceptors (Lipinski definition) is 8. The number of thiophene rings is 1. The van der Waals surface area contributed by atoms with E-state index in [0.29, 0.717) is 23.5 Å². The largest absolute Gasteiger partial charge is 0.488 e. The quantitative estimate of drug-likeness (QED) is 0.267. The number of aromatic nitrogens is 1. The van der Waals surface area contributed by atoms with E-state index in [9.17, 15) is 18.0 Å². The fourth-order valence-corrected chi connectivity index (χ4v) is 7.45. The number of aryl methyl sites for hydroxylation is 1. The van der Waals surface area contributed by atoms with Crippen LogP contribution >= 0.6 is 11.3 Å². The monoisotopic (exact) mass is 556 g/mol. The Bertz CT molecular complexity index is 1450. The molecule has 0 spiro atoms. The molecule has 3 aromatic rings. The van der Waals surface area contributed by atoms with E-state index in [-0.39, 0.29) is 35.8 Å². The maximum Gasteiger partial charge on any atom is 0.293 e. The van der Waals surface area contributed by atoms with E-state index in [2.05, 4.69) is 4.98 Å². The Labute approximate surface area is 227 Å². The Balaban J connectivity index is 1.77. The summed E-state index contributed by atoms with van der Waals surface area (Å²) in [6.45, 7) is 9.84. The van der Waals surface area contributed by atoms with Gasteiger partial charge in [0.05, 0.1) is 23.5 Å². The lowest BCUT2D eigenvalue weighted by atomic mass is 9.82. The van der Waals surface area contributed by atoms with E-state index in [1.807, 2.05) is 52.0 Å². The maximum absolute atomic E-state index is 13.7. The average Bonchev–Trinajstić information content (AvgIpc) is 3.31. The summed E-state index contributed by atoms with van der Waals surface area (Å²) >= 11 is 1.37. The number of carbonyl (C=O) groups is 2. The smallest absolute Gasteiger partial charge is 0.293 e. The number of carbonyl (C=O) groups excluding carboxylic acids is 2. The van der Waals surface area contributed by atoms with Crippen molar-refractivity contribution < 1.29 is 27.5 Å². The molecule has 0 N–H and O–H groups in total. The van der Waals surface area contributed by atoms with Gasteiger partial charge >= 0.3 is 0 Å². The predicted octanol–water partition coefficient (Wildman–Crippen LogP) is 5.10. The molecular weight excluding hydrogens is 524 g/mol. The van der Waals surface area contributed by atoms with Crippen molar-refractivity contribution in [1.82, 2.24) is 9.29 Å². The molecule has 0 radical (unpaired) electrons. The third-order valence-corrected chi connectivity index (χ3v) is 9.95. The zero-order chi connectivity index (χ0) is 27.7. The highest BCUT2D eigenvalue weighted by Crippen LogP contribution is 2.41. The molecule has 10 heteroatoms. The summed E-state index contributed by atoms with van der Waals surface area (Å²) < 4.78 is 40.3. The lowest BCUT2D eigenvalue weighted by Crippen LogP contribution is -2.36. The molecule has 38 heavy (non-hydrogen) atoms. The third-order valence-electron chi connectivity index (χ3n) is 6.88. The Hall–Kier alpha value is -3.08. The molecule has 8 nitrogen and oxygen atoms in total. The standard InChI is InChI=1S/C28H32N2O6S2/c1-6-22-16-30(38(33,34)26-14-29-12-11-23(26)36-22)15-21-13-20(8-7-18(21)2)27(28(4,5)35-17-31)25-10-9-24(37-25)19(3)32/h7-14,17,22,27H,6,15-16H2,1-5H3/t22-,27?/m1/s1. The number of ketones is 1. The van der Waals surface area contributed by atoms with Gasteiger partial charge in [-0.3, -0.25) is 14.6 Å². The van der Waals surface area contributed by atoms with Crippen LogP contribution in [0.3, 0.4) is 0 Å². The second kappa shape index (κ2) is 11.0. The summed E-state index contributed by atoms with van der Waals surface area (Å²) in [4.78, 5) is 28.9. The van der Waals surface area contributed by atoms with Gasteiger partial charge in [0.15, 0.2) is 5.78 Å². The number of benzene rings is 1. The van der Waals surface area contributed by atoms with Gasteiger partial charge in [-0.1, -0.05) is 25.1 Å². The fourth-order valence-electron chi connectivity index (χ4n) is 4.73. The van der Waals surface area contributed by atoms with Crippen LogP contribution < -0.4 is 4.74 Å². The highest BCUT2D eigenvalue weighted by atomic mass is 32.2. The topological polar surface area (TPSA) is 103 Å². The van der Waals surface area contributed by atoms with Crippen LogP contribution in [-0.2, 0) is 26.1 Å². The van der Waals surface area contributed by atoms with E-state index in [0.717, 1.165) is 21.6 Å². The number of sulfonamides is 1. The summed E-state index contributed by atoms with van der Waals surface area (Å²) in [5, 5.41) is 0. The Morgan fingerprint density at radius 1 is 1.29 bits per heavy atom. The zero-order valence-corrected chi connectivity index (χ0v) is 23.8. The Morgan fingerprint density at radius 2 is 2.05 bits per heavy atom. The van der Waals surface area contributed by atoms with Gasteiger partial charge < -0.3 is 9.47 Å². The summed E-state index contributed by atoms with van der Waals surface area (Å²) in [6.07, 6.45) is 3.19. The number of ether oxygens (including phenoxy) is 2. The minimum absolute atomic E-state index is 0.0347. The van der Waals surface area contributed by atoms with Gasteiger partial charge in [-0.2, -0.15) is 4.31 Å². The van der Waals surface area contributed by atoms with E-state index >= 15 is 0 Å². The SMILES string of the molecule is CC[C@@H]1CN(Cc2cc(C(c3ccc(C(C)=O)s3)C(C)(C)OC=O)ccc2C)S(=O)(=O)c2cnccc2O1. The molecule has 1 unspecified atom stereocenters. The molecule has 3 heterocycles. The lowest BCUT2D eigenvalue weighted by molar-refractivity contribution is -0.141. The van der Waals surface area contributed by atoms with E-state index in [1.165, 1.54) is 35.0 Å². The molecule has 202 valence electrons. The van der Waals surface area contributed by atoms with Crippen molar-refractivity contribution >= 4 is 33.6 Å². The van der Waals surface area contributed by atoms with Crippen molar-refractivity contribution in [3.05, 3.63) is 75.2 Å². The molecule has 0 saturated heterocycles. The highest BCUT2D eigenvalue weighted by Gasteiger charge is 2.37. The first kappa shape index (κ1) is 27.9. The number of fused-ring (bicyclic) bond motifs is 1. The second-order valence-corrected chi connectivity index (χ2v) is 13.0. The summed E-state index contributed by atoms with van der Waals surface area (Å²) in [5.41, 5.74) is 1.68. The zero-order valence-electron chi connectivity index (χ0n) is 22.1. The van der Waals surface area contributed by atoms with Crippen molar-refractivity contribution in [1.29, 1.82) is 0 Å². The van der Waals surface area contributed by atoms with Crippen LogP contribution in [0, 0.1) is 6.92 Å². The number of Topliss-reactive ketones (excluding diaryl/α,β-unsaturated/α-hetero) is 1. The molecule has 0 saturated carbocycles. The summed E-state index contributed by atoms with van der Waals surface area (Å²) in [7, 11) is -3.87. The van der Waals surface area contributed by atoms with Crippen LogP contribution in [0.1, 0.15) is 71.3 Å². The van der Waals surface area contributed by atoms with Gasteiger partial charge in [0.25, 0.3) is 6.47 Å². The number of pyridine rings is 1. The normalized spacial score (nSPS) is 18.1. The molecule has 1 aromatic carbocycles. The molecule has 0 fully saturated rings. The first-order valence-corrected chi connectivity index (χ1v) is 14.7. The molecule has 2 atom stereocenters. The van der Waals surface area contributed by atoms with Crippen molar-refractivity contribution in [3.8, 4) is 5.75 Å². The van der Waals surface area contributed by atoms with Gasteiger partial charge in [-0.05, 0) is 69.0 Å². The third kappa shape index (κ3) is 5.52. The number of rotatable bonds is 9. The predicted molar refractivity (Wildman–Crippen MR) is 145 cm³/mol. The average molecular weight is 557 g/mol. The van der Waals surface area contributed by atoms with Gasteiger partial charge in [-0.25, -0.2) is 8.42 Å². The van der Waals surface area contributed by atoms with Crippen LogP contribution in [0.5, 0.6) is 5.75 Å². The molecule has 1 aliphatic rings. The van der Waals surface area contributed by atoms with Gasteiger partial charge in [-0.15, -0.1) is 11.3 Å². The molecule has 0 aliphatic carbocycles. The van der Waals surface area contributed by atoms with E-state index in [1.54, 1.807) is 12.1 Å². The van der Waals surface area contributed by atoms with Crippen molar-refractivity contribution in [3.63, 3.8) is 0 Å². The highest BCUT2D eigenvalue weighted by molar-refractivity contribution is 7.89. The first-order chi connectivity index (χ1) is 18.0. The van der Waals surface area contributed by atoms with Crippen molar-refractivity contribution in [2.75, 3.05) is 6.54 Å². The Morgan fingerprint density at radius 3 is 2.71 bits per heavy atom. The van der Waals surface area contributed by atoms with Crippen LogP contribution in [-0.4, -0.2) is 48.2 Å². The van der Waals surface area contributed by atoms with Crippen LogP contribution in [0.2, 0.25) is 0 Å². The second-order valence-electron chi connectivity index (χ2n) is 9.96. The first-order valence-electron chi connectivity index (χ1n) is 12.4. The number of hydrogen-bond donors (Lipinski definition) is 0. The molecule has 0 bridgehead atoms. The molecule has 4 rings (SSSR count). The minimum atomic E-state index is -3.87. The summed E-state index contributed by atoms with van der Waals surface area (Å²) in [5.74, 6) is -0.0956. The van der Waals surface area contributed by atoms with E-state index in [4.69, 9.17) is 9.47 Å². The fraction of sp³-hybridized carbons (Fsp3) is 0.393. The van der Waals surface area contributed by atoms with Gasteiger partial charge in [0, 0.05) is 17.6 Å².